The third-order valence-electron chi connectivity index (χ3n) is 2.94. The van der Waals surface area contributed by atoms with Gasteiger partial charge in [0.05, 0.1) is 5.02 Å². The molecule has 6 heteroatoms. The Morgan fingerprint density at radius 3 is 2.85 bits per heavy atom. The van der Waals surface area contributed by atoms with E-state index in [2.05, 4.69) is 29.2 Å². The van der Waals surface area contributed by atoms with E-state index >= 15 is 0 Å². The lowest BCUT2D eigenvalue weighted by Crippen LogP contribution is -2.19. The number of aromatic nitrogens is 3. The molecule has 2 aromatic rings. The number of hydrogen-bond donors (Lipinski definition) is 1. The highest BCUT2D eigenvalue weighted by Crippen LogP contribution is 2.30. The van der Waals surface area contributed by atoms with Gasteiger partial charge in [0, 0.05) is 13.1 Å². The maximum Gasteiger partial charge on any atom is 0.341 e. The maximum atomic E-state index is 6.25. The second kappa shape index (κ2) is 6.72. The summed E-state index contributed by atoms with van der Waals surface area (Å²) in [6, 6.07) is 6.30. The minimum Gasteiger partial charge on any atom is -0.422 e. The summed E-state index contributed by atoms with van der Waals surface area (Å²) >= 11 is 6.25. The molecule has 108 valence electrons. The van der Waals surface area contributed by atoms with E-state index in [0.29, 0.717) is 16.8 Å². The van der Waals surface area contributed by atoms with Crippen LogP contribution in [0.2, 0.25) is 5.02 Å². The summed E-state index contributed by atoms with van der Waals surface area (Å²) in [5.74, 6) is 0.560. The zero-order valence-corrected chi connectivity index (χ0v) is 12.7. The summed E-state index contributed by atoms with van der Waals surface area (Å²) in [7, 11) is 1.78. The quantitative estimate of drug-likeness (QED) is 0.888. The summed E-state index contributed by atoms with van der Waals surface area (Å²) in [6.45, 7) is 5.24. The van der Waals surface area contributed by atoms with E-state index in [-0.39, 0.29) is 6.04 Å². The van der Waals surface area contributed by atoms with Crippen LogP contribution < -0.4 is 10.1 Å². The Labute approximate surface area is 123 Å². The molecule has 0 spiro atoms. The first kappa shape index (κ1) is 14.8. The lowest BCUT2D eigenvalue weighted by atomic mass is 10.1. The summed E-state index contributed by atoms with van der Waals surface area (Å²) in [4.78, 5) is 4.01. The Morgan fingerprint density at radius 2 is 2.25 bits per heavy atom. The third-order valence-corrected chi connectivity index (χ3v) is 3.23. The highest BCUT2D eigenvalue weighted by Gasteiger charge is 2.10. The second-order valence-electron chi connectivity index (χ2n) is 4.67. The molecule has 20 heavy (non-hydrogen) atoms. The van der Waals surface area contributed by atoms with Crippen molar-refractivity contribution >= 4 is 11.6 Å². The van der Waals surface area contributed by atoms with Crippen LogP contribution >= 0.6 is 11.6 Å². The Bertz CT molecular complexity index is 570. The van der Waals surface area contributed by atoms with Crippen molar-refractivity contribution in [2.24, 2.45) is 7.05 Å². The fourth-order valence-corrected chi connectivity index (χ4v) is 2.04. The number of rotatable bonds is 6. The molecule has 1 heterocycles. The molecule has 5 nitrogen and oxygen atoms in total. The van der Waals surface area contributed by atoms with Gasteiger partial charge in [-0.2, -0.15) is 4.98 Å². The minimum atomic E-state index is 0.259. The van der Waals surface area contributed by atoms with Crippen molar-refractivity contribution in [3.8, 4) is 11.8 Å². The molecular formula is C14H19ClN4O. The van der Waals surface area contributed by atoms with Gasteiger partial charge in [0.1, 0.15) is 12.1 Å². The van der Waals surface area contributed by atoms with Crippen LogP contribution in [0, 0.1) is 0 Å². The Hall–Kier alpha value is -1.59. The molecule has 2 rings (SSSR count). The maximum absolute atomic E-state index is 6.25. The van der Waals surface area contributed by atoms with Crippen LogP contribution in [0.15, 0.2) is 24.5 Å². The minimum absolute atomic E-state index is 0.259. The zero-order valence-electron chi connectivity index (χ0n) is 11.9. The van der Waals surface area contributed by atoms with Crippen molar-refractivity contribution in [2.45, 2.75) is 26.3 Å². The summed E-state index contributed by atoms with van der Waals surface area (Å²) in [6.07, 6.45) is 2.68. The molecule has 1 unspecified atom stereocenters. The first-order valence-corrected chi connectivity index (χ1v) is 7.04. The largest absolute Gasteiger partial charge is 0.422 e. The molecule has 1 N–H and O–H groups in total. The third kappa shape index (κ3) is 3.71. The van der Waals surface area contributed by atoms with Gasteiger partial charge in [0.25, 0.3) is 0 Å². The number of aryl methyl sites for hydroxylation is 1. The van der Waals surface area contributed by atoms with E-state index in [9.17, 15) is 0 Å². The highest BCUT2D eigenvalue weighted by atomic mass is 35.5. The highest BCUT2D eigenvalue weighted by molar-refractivity contribution is 6.32. The average molecular weight is 295 g/mol. The van der Waals surface area contributed by atoms with E-state index in [4.69, 9.17) is 16.3 Å². The van der Waals surface area contributed by atoms with Crippen LogP contribution in [0.4, 0.5) is 0 Å². The predicted molar refractivity (Wildman–Crippen MR) is 79.2 cm³/mol. The summed E-state index contributed by atoms with van der Waals surface area (Å²) in [5.41, 5.74) is 1.13. The SMILES string of the molecule is CCCNC(C)c1ccc(Oc2ncn(C)n2)c(Cl)c1. The van der Waals surface area contributed by atoms with E-state index < -0.39 is 0 Å². The Kier molecular flexibility index (Phi) is 4.98. The van der Waals surface area contributed by atoms with E-state index in [1.165, 1.54) is 0 Å². The van der Waals surface area contributed by atoms with Crippen molar-refractivity contribution in [1.29, 1.82) is 0 Å². The van der Waals surface area contributed by atoms with Crippen molar-refractivity contribution in [2.75, 3.05) is 6.54 Å². The van der Waals surface area contributed by atoms with Crippen molar-refractivity contribution in [1.82, 2.24) is 20.1 Å². The Balaban J connectivity index is 2.09. The predicted octanol–water partition coefficient (Wildman–Crippen LogP) is 3.32. The van der Waals surface area contributed by atoms with Gasteiger partial charge in [-0.1, -0.05) is 24.6 Å². The normalized spacial score (nSPS) is 12.4. The lowest BCUT2D eigenvalue weighted by molar-refractivity contribution is 0.438. The summed E-state index contributed by atoms with van der Waals surface area (Å²) < 4.78 is 7.13. The molecule has 0 amide bonds. The zero-order chi connectivity index (χ0) is 14.5. The van der Waals surface area contributed by atoms with Crippen molar-refractivity contribution < 1.29 is 4.74 Å². The van der Waals surface area contributed by atoms with Crippen molar-refractivity contribution in [3.05, 3.63) is 35.1 Å². The molecule has 0 radical (unpaired) electrons. The summed E-state index contributed by atoms with van der Waals surface area (Å²) in [5, 5.41) is 8.03. The molecule has 1 aromatic carbocycles. The topological polar surface area (TPSA) is 52.0 Å². The number of hydrogen-bond acceptors (Lipinski definition) is 4. The van der Waals surface area contributed by atoms with Gasteiger partial charge >= 0.3 is 6.01 Å². The Morgan fingerprint density at radius 1 is 1.45 bits per heavy atom. The molecule has 0 bridgehead atoms. The van der Waals surface area contributed by atoms with Gasteiger partial charge in [0.2, 0.25) is 0 Å². The van der Waals surface area contributed by atoms with E-state index in [0.717, 1.165) is 18.5 Å². The van der Waals surface area contributed by atoms with Crippen LogP contribution in [0.25, 0.3) is 0 Å². The molecule has 1 atom stereocenters. The first-order chi connectivity index (χ1) is 9.60. The average Bonchev–Trinajstić information content (AvgIpc) is 2.83. The second-order valence-corrected chi connectivity index (χ2v) is 5.08. The van der Waals surface area contributed by atoms with Crippen molar-refractivity contribution in [3.63, 3.8) is 0 Å². The molecule has 1 aromatic heterocycles. The van der Waals surface area contributed by atoms with Gasteiger partial charge in [-0.25, -0.2) is 0 Å². The fourth-order valence-electron chi connectivity index (χ4n) is 1.81. The first-order valence-electron chi connectivity index (χ1n) is 6.66. The van der Waals surface area contributed by atoms with Gasteiger partial charge < -0.3 is 10.1 Å². The van der Waals surface area contributed by atoms with Crippen LogP contribution in [-0.2, 0) is 7.05 Å². The molecular weight excluding hydrogens is 276 g/mol. The van der Waals surface area contributed by atoms with Crippen LogP contribution in [0.5, 0.6) is 11.8 Å². The molecule has 0 aliphatic rings. The standard InChI is InChI=1S/C14H19ClN4O/c1-4-7-16-10(2)11-5-6-13(12(15)8-11)20-14-17-9-19(3)18-14/h5-6,8-10,16H,4,7H2,1-3H3. The number of nitrogens with zero attached hydrogens (tertiary/aromatic N) is 3. The molecule has 0 aliphatic heterocycles. The van der Waals surface area contributed by atoms with Gasteiger partial charge in [-0.05, 0) is 37.6 Å². The van der Waals surface area contributed by atoms with Gasteiger partial charge in [0.15, 0.2) is 0 Å². The number of nitrogens with one attached hydrogen (secondary N) is 1. The molecule has 0 fully saturated rings. The van der Waals surface area contributed by atoms with Crippen LogP contribution in [0.3, 0.4) is 0 Å². The smallest absolute Gasteiger partial charge is 0.341 e. The van der Waals surface area contributed by atoms with Crippen LogP contribution in [-0.4, -0.2) is 21.3 Å². The molecule has 0 aliphatic carbocycles. The van der Waals surface area contributed by atoms with Gasteiger partial charge in [-0.3, -0.25) is 4.68 Å². The monoisotopic (exact) mass is 294 g/mol. The molecule has 0 saturated carbocycles. The van der Waals surface area contributed by atoms with E-state index in [1.54, 1.807) is 18.1 Å². The number of benzene rings is 1. The number of halogens is 1. The number of ether oxygens (including phenoxy) is 1. The van der Waals surface area contributed by atoms with Crippen LogP contribution in [0.1, 0.15) is 31.9 Å². The fraction of sp³-hybridized carbons (Fsp3) is 0.429. The van der Waals surface area contributed by atoms with Gasteiger partial charge in [-0.15, -0.1) is 5.10 Å². The molecule has 0 saturated heterocycles. The van der Waals surface area contributed by atoms with E-state index in [1.807, 2.05) is 18.2 Å². The lowest BCUT2D eigenvalue weighted by Gasteiger charge is -2.14.